The number of hydrogen-bond acceptors (Lipinski definition) is 2. The lowest BCUT2D eigenvalue weighted by Crippen LogP contribution is -2.31. The van der Waals surface area contributed by atoms with Crippen molar-refractivity contribution in [2.75, 3.05) is 19.6 Å². The first kappa shape index (κ1) is 15.6. The minimum atomic E-state index is -4.44. The van der Waals surface area contributed by atoms with Gasteiger partial charge in [0.15, 0.2) is 0 Å². The van der Waals surface area contributed by atoms with E-state index in [4.69, 9.17) is 0 Å². The van der Waals surface area contributed by atoms with E-state index in [1.165, 1.54) is 18.2 Å². The molecule has 1 amide bonds. The minimum Gasteiger partial charge on any atom is -0.352 e. The number of amides is 1. The van der Waals surface area contributed by atoms with E-state index in [-0.39, 0.29) is 12.0 Å². The second-order valence-electron chi connectivity index (χ2n) is 4.92. The Bertz CT molecular complexity index is 538. The molecule has 1 aliphatic heterocycles. The summed E-state index contributed by atoms with van der Waals surface area (Å²) in [5.41, 5.74) is 0.356. The number of alkyl halides is 3. The van der Waals surface area contributed by atoms with E-state index in [9.17, 15) is 18.0 Å². The van der Waals surface area contributed by atoms with Crippen LogP contribution in [-0.2, 0) is 17.4 Å². The fourth-order valence-electron chi connectivity index (χ4n) is 2.23. The Morgan fingerprint density at radius 3 is 2.71 bits per heavy atom. The van der Waals surface area contributed by atoms with Gasteiger partial charge >= 0.3 is 6.18 Å². The average molecular weight is 298 g/mol. The van der Waals surface area contributed by atoms with E-state index in [0.717, 1.165) is 31.1 Å². The first-order valence-corrected chi connectivity index (χ1v) is 6.77. The Kier molecular flexibility index (Phi) is 5.01. The quantitative estimate of drug-likeness (QED) is 0.837. The van der Waals surface area contributed by atoms with E-state index < -0.39 is 17.6 Å². The average Bonchev–Trinajstić information content (AvgIpc) is 2.46. The van der Waals surface area contributed by atoms with Gasteiger partial charge in [-0.25, -0.2) is 0 Å². The normalized spacial score (nSPS) is 15.5. The molecule has 0 saturated heterocycles. The van der Waals surface area contributed by atoms with Gasteiger partial charge in [-0.1, -0.05) is 29.8 Å². The lowest BCUT2D eigenvalue weighted by molar-refractivity contribution is -0.138. The Hall–Kier alpha value is -1.82. The van der Waals surface area contributed by atoms with E-state index in [0.29, 0.717) is 6.54 Å². The minimum absolute atomic E-state index is 0.00166. The van der Waals surface area contributed by atoms with Crippen molar-refractivity contribution in [1.82, 2.24) is 10.6 Å². The summed E-state index contributed by atoms with van der Waals surface area (Å²) < 4.78 is 38.5. The van der Waals surface area contributed by atoms with E-state index in [2.05, 4.69) is 10.6 Å². The van der Waals surface area contributed by atoms with Gasteiger partial charge in [0.1, 0.15) is 0 Å². The van der Waals surface area contributed by atoms with Crippen molar-refractivity contribution in [2.45, 2.75) is 19.0 Å². The van der Waals surface area contributed by atoms with Crippen LogP contribution in [0.3, 0.4) is 0 Å². The van der Waals surface area contributed by atoms with Gasteiger partial charge in [-0.05, 0) is 24.6 Å². The molecule has 0 spiro atoms. The van der Waals surface area contributed by atoms with Gasteiger partial charge in [-0.2, -0.15) is 13.2 Å². The number of hydrogen-bond donors (Lipinski definition) is 2. The molecule has 2 N–H and O–H groups in total. The molecule has 0 saturated carbocycles. The second kappa shape index (κ2) is 6.76. The van der Waals surface area contributed by atoms with Gasteiger partial charge in [0.2, 0.25) is 5.91 Å². The number of benzene rings is 1. The number of carbonyl (C=O) groups is 1. The molecule has 1 aliphatic rings. The van der Waals surface area contributed by atoms with Crippen LogP contribution in [0.4, 0.5) is 13.2 Å². The van der Waals surface area contributed by atoms with Crippen LogP contribution >= 0.6 is 0 Å². The maximum absolute atomic E-state index is 12.8. The predicted molar refractivity (Wildman–Crippen MR) is 73.7 cm³/mol. The summed E-state index contributed by atoms with van der Waals surface area (Å²) >= 11 is 0. The second-order valence-corrected chi connectivity index (χ2v) is 4.92. The van der Waals surface area contributed by atoms with Gasteiger partial charge < -0.3 is 10.6 Å². The molecule has 0 aliphatic carbocycles. The SMILES string of the molecule is O=C(Cc1ccccc1C(F)(F)F)NCC1=CCNCC1. The molecule has 0 fully saturated rings. The van der Waals surface area contributed by atoms with Crippen molar-refractivity contribution >= 4 is 5.91 Å². The van der Waals surface area contributed by atoms with Gasteiger partial charge in [-0.3, -0.25) is 4.79 Å². The summed E-state index contributed by atoms with van der Waals surface area (Å²) in [5.74, 6) is -0.397. The van der Waals surface area contributed by atoms with Gasteiger partial charge in [0, 0.05) is 13.1 Å². The molecule has 0 bridgehead atoms. The van der Waals surface area contributed by atoms with Crippen LogP contribution in [0.1, 0.15) is 17.5 Å². The van der Waals surface area contributed by atoms with Crippen LogP contribution in [0.2, 0.25) is 0 Å². The highest BCUT2D eigenvalue weighted by atomic mass is 19.4. The van der Waals surface area contributed by atoms with Gasteiger partial charge in [0.25, 0.3) is 0 Å². The monoisotopic (exact) mass is 298 g/mol. The third-order valence-electron chi connectivity index (χ3n) is 3.34. The van der Waals surface area contributed by atoms with E-state index >= 15 is 0 Å². The van der Waals surface area contributed by atoms with Crippen molar-refractivity contribution in [3.8, 4) is 0 Å². The number of nitrogens with one attached hydrogen (secondary N) is 2. The topological polar surface area (TPSA) is 41.1 Å². The fraction of sp³-hybridized carbons (Fsp3) is 0.400. The molecule has 0 radical (unpaired) electrons. The molecule has 21 heavy (non-hydrogen) atoms. The van der Waals surface area contributed by atoms with Crippen LogP contribution in [0.5, 0.6) is 0 Å². The smallest absolute Gasteiger partial charge is 0.352 e. The van der Waals surface area contributed by atoms with Crippen LogP contribution in [0, 0.1) is 0 Å². The number of halogens is 3. The molecule has 0 unspecified atom stereocenters. The molecule has 1 heterocycles. The highest BCUT2D eigenvalue weighted by molar-refractivity contribution is 5.79. The Morgan fingerprint density at radius 2 is 2.05 bits per heavy atom. The van der Waals surface area contributed by atoms with Gasteiger partial charge in [-0.15, -0.1) is 0 Å². The highest BCUT2D eigenvalue weighted by Crippen LogP contribution is 2.31. The van der Waals surface area contributed by atoms with Crippen molar-refractivity contribution in [3.05, 3.63) is 47.0 Å². The largest absolute Gasteiger partial charge is 0.416 e. The molecule has 3 nitrogen and oxygen atoms in total. The summed E-state index contributed by atoms with van der Waals surface area (Å²) in [4.78, 5) is 11.8. The standard InChI is InChI=1S/C15H17F3N2O/c16-15(17,18)13-4-2-1-3-12(13)9-14(21)20-10-11-5-7-19-8-6-11/h1-5,19H,6-10H2,(H,20,21). The lowest BCUT2D eigenvalue weighted by Gasteiger charge is -2.15. The van der Waals surface area contributed by atoms with Crippen molar-refractivity contribution < 1.29 is 18.0 Å². The van der Waals surface area contributed by atoms with E-state index in [1.54, 1.807) is 0 Å². The summed E-state index contributed by atoms with van der Waals surface area (Å²) in [6, 6.07) is 5.17. The summed E-state index contributed by atoms with van der Waals surface area (Å²) in [5, 5.41) is 5.83. The first-order chi connectivity index (χ1) is 9.97. The molecule has 114 valence electrons. The highest BCUT2D eigenvalue weighted by Gasteiger charge is 2.33. The maximum atomic E-state index is 12.8. The maximum Gasteiger partial charge on any atom is 0.416 e. The predicted octanol–water partition coefficient (Wildman–Crippen LogP) is 2.28. The molecular weight excluding hydrogens is 281 g/mol. The zero-order chi connectivity index (χ0) is 15.3. The van der Waals surface area contributed by atoms with E-state index in [1.807, 2.05) is 6.08 Å². The summed E-state index contributed by atoms with van der Waals surface area (Å²) in [7, 11) is 0. The molecule has 2 rings (SSSR count). The lowest BCUT2D eigenvalue weighted by atomic mass is 10.0. The van der Waals surface area contributed by atoms with Crippen LogP contribution < -0.4 is 10.6 Å². The zero-order valence-electron chi connectivity index (χ0n) is 11.5. The zero-order valence-corrected chi connectivity index (χ0v) is 11.5. The van der Waals surface area contributed by atoms with Gasteiger partial charge in [0.05, 0.1) is 12.0 Å². The Balaban J connectivity index is 1.95. The van der Waals surface area contributed by atoms with Crippen LogP contribution in [-0.4, -0.2) is 25.5 Å². The molecule has 0 aromatic heterocycles. The molecule has 1 aromatic carbocycles. The van der Waals surface area contributed by atoms with Crippen LogP contribution in [0.25, 0.3) is 0 Å². The van der Waals surface area contributed by atoms with Crippen molar-refractivity contribution in [3.63, 3.8) is 0 Å². The third-order valence-corrected chi connectivity index (χ3v) is 3.34. The Labute approximate surface area is 121 Å². The summed E-state index contributed by atoms with van der Waals surface area (Å²) in [6.07, 6.45) is -1.86. The van der Waals surface area contributed by atoms with Crippen molar-refractivity contribution in [1.29, 1.82) is 0 Å². The number of carbonyl (C=O) groups excluding carboxylic acids is 1. The summed E-state index contributed by atoms with van der Waals surface area (Å²) in [6.45, 7) is 2.02. The molecule has 1 aromatic rings. The molecule has 0 atom stereocenters. The molecule has 6 heteroatoms. The Morgan fingerprint density at radius 1 is 1.29 bits per heavy atom. The third kappa shape index (κ3) is 4.60. The number of rotatable bonds is 4. The molecular formula is C15H17F3N2O. The van der Waals surface area contributed by atoms with Crippen LogP contribution in [0.15, 0.2) is 35.9 Å². The fourth-order valence-corrected chi connectivity index (χ4v) is 2.23. The van der Waals surface area contributed by atoms with Crippen molar-refractivity contribution in [2.24, 2.45) is 0 Å². The first-order valence-electron chi connectivity index (χ1n) is 6.77.